The predicted molar refractivity (Wildman–Crippen MR) is 77.1 cm³/mol. The zero-order chi connectivity index (χ0) is 14.9. The summed E-state index contributed by atoms with van der Waals surface area (Å²) < 4.78 is 5.44. The first kappa shape index (κ1) is 13.9. The molecule has 2 aliphatic rings. The molecule has 0 radical (unpaired) electrons. The Bertz CT molecular complexity index is 555. The molecule has 1 heterocycles. The summed E-state index contributed by atoms with van der Waals surface area (Å²) in [5.74, 6) is 0.129. The van der Waals surface area contributed by atoms with E-state index in [1.54, 1.807) is 4.90 Å². The number of nitrogens with two attached hydrogens (primary N) is 1. The molecule has 21 heavy (non-hydrogen) atoms. The van der Waals surface area contributed by atoms with Gasteiger partial charge in [-0.3, -0.25) is 4.79 Å². The molecule has 0 bridgehead atoms. The van der Waals surface area contributed by atoms with Crippen molar-refractivity contribution in [3.8, 4) is 0 Å². The van der Waals surface area contributed by atoms with Crippen molar-refractivity contribution in [2.45, 2.75) is 24.4 Å². The fraction of sp³-hybridized carbons (Fsp3) is 0.467. The lowest BCUT2D eigenvalue weighted by molar-refractivity contribution is -0.139. The highest BCUT2D eigenvalue weighted by Gasteiger charge is 2.53. The van der Waals surface area contributed by atoms with Crippen LogP contribution in [0.3, 0.4) is 0 Å². The summed E-state index contributed by atoms with van der Waals surface area (Å²) >= 11 is 0. The molecule has 1 unspecified atom stereocenters. The van der Waals surface area contributed by atoms with Crippen LogP contribution in [0.2, 0.25) is 0 Å². The number of ether oxygens (including phenoxy) is 1. The molecule has 1 aliphatic carbocycles. The van der Waals surface area contributed by atoms with Gasteiger partial charge in [0.2, 0.25) is 5.91 Å². The van der Waals surface area contributed by atoms with E-state index < -0.39 is 6.10 Å². The molecule has 1 saturated carbocycles. The Morgan fingerprint density at radius 3 is 2.71 bits per heavy atom. The third-order valence-electron chi connectivity index (χ3n) is 4.28. The van der Waals surface area contributed by atoms with Crippen LogP contribution in [0.4, 0.5) is 0 Å². The van der Waals surface area contributed by atoms with Crippen molar-refractivity contribution in [1.29, 1.82) is 0 Å². The Kier molecular flexibility index (Phi) is 3.55. The van der Waals surface area contributed by atoms with Gasteiger partial charge in [0, 0.05) is 6.54 Å². The maximum Gasteiger partial charge on any atom is 0.233 e. The second-order valence-electron chi connectivity index (χ2n) is 5.58. The second kappa shape index (κ2) is 5.37. The van der Waals surface area contributed by atoms with Crippen LogP contribution in [0.25, 0.3) is 0 Å². The maximum absolute atomic E-state index is 12.9. The first-order valence-electron chi connectivity index (χ1n) is 7.11. The Hall–Kier alpha value is -2.08. The van der Waals surface area contributed by atoms with Crippen LogP contribution in [0.1, 0.15) is 18.4 Å². The van der Waals surface area contributed by atoms with Crippen LogP contribution in [-0.4, -0.2) is 47.7 Å². The van der Waals surface area contributed by atoms with E-state index in [0.717, 1.165) is 18.4 Å². The van der Waals surface area contributed by atoms with E-state index in [4.69, 9.17) is 15.7 Å². The quantitative estimate of drug-likeness (QED) is 0.371. The summed E-state index contributed by atoms with van der Waals surface area (Å²) in [6, 6.07) is 9.88. The topological polar surface area (TPSA) is 88.2 Å². The number of nitrogens with zero attached hydrogens (tertiary/aromatic N) is 2. The normalized spacial score (nSPS) is 24.7. The van der Waals surface area contributed by atoms with Crippen molar-refractivity contribution < 1.29 is 14.7 Å². The Morgan fingerprint density at radius 2 is 2.10 bits per heavy atom. The maximum atomic E-state index is 12.9. The largest absolute Gasteiger partial charge is 0.409 e. The molecule has 1 aliphatic heterocycles. The number of hydrogen-bond acceptors (Lipinski definition) is 4. The van der Waals surface area contributed by atoms with Gasteiger partial charge in [-0.15, -0.1) is 0 Å². The molecule has 1 atom stereocenters. The Balaban J connectivity index is 1.76. The van der Waals surface area contributed by atoms with E-state index in [9.17, 15) is 4.79 Å². The number of amides is 1. The molecule has 0 spiro atoms. The molecule has 2 fully saturated rings. The first-order chi connectivity index (χ1) is 10.2. The van der Waals surface area contributed by atoms with Gasteiger partial charge in [0.25, 0.3) is 0 Å². The van der Waals surface area contributed by atoms with Gasteiger partial charge in [0.05, 0.1) is 18.6 Å². The third-order valence-corrected chi connectivity index (χ3v) is 4.28. The number of carbonyl (C=O) groups is 1. The number of benzene rings is 1. The highest BCUT2D eigenvalue weighted by Crippen LogP contribution is 2.49. The summed E-state index contributed by atoms with van der Waals surface area (Å²) in [6.07, 6.45) is 1.22. The zero-order valence-electron chi connectivity index (χ0n) is 11.7. The number of rotatable bonds is 3. The highest BCUT2D eigenvalue weighted by molar-refractivity contribution is 5.92. The Morgan fingerprint density at radius 1 is 1.38 bits per heavy atom. The van der Waals surface area contributed by atoms with Gasteiger partial charge in [0.15, 0.2) is 5.84 Å². The van der Waals surface area contributed by atoms with Crippen molar-refractivity contribution in [2.24, 2.45) is 10.9 Å². The van der Waals surface area contributed by atoms with Crippen molar-refractivity contribution in [3.05, 3.63) is 35.9 Å². The van der Waals surface area contributed by atoms with Gasteiger partial charge in [0.1, 0.15) is 6.10 Å². The molecular formula is C15H19N3O3. The average molecular weight is 289 g/mol. The van der Waals surface area contributed by atoms with Crippen molar-refractivity contribution in [3.63, 3.8) is 0 Å². The predicted octanol–water partition coefficient (Wildman–Crippen LogP) is 0.692. The average Bonchev–Trinajstić information content (AvgIpc) is 3.36. The smallest absolute Gasteiger partial charge is 0.233 e. The van der Waals surface area contributed by atoms with Crippen molar-refractivity contribution in [1.82, 2.24) is 4.90 Å². The van der Waals surface area contributed by atoms with E-state index in [1.165, 1.54) is 0 Å². The van der Waals surface area contributed by atoms with Crippen LogP contribution in [-0.2, 0) is 14.9 Å². The van der Waals surface area contributed by atoms with Crippen molar-refractivity contribution >= 4 is 11.7 Å². The molecule has 1 amide bonds. The molecule has 0 aromatic heterocycles. The van der Waals surface area contributed by atoms with E-state index in [0.29, 0.717) is 19.7 Å². The van der Waals surface area contributed by atoms with Gasteiger partial charge >= 0.3 is 0 Å². The number of hydrogen-bond donors (Lipinski definition) is 2. The van der Waals surface area contributed by atoms with Crippen LogP contribution in [0.15, 0.2) is 35.5 Å². The van der Waals surface area contributed by atoms with Gasteiger partial charge in [-0.05, 0) is 18.4 Å². The lowest BCUT2D eigenvalue weighted by Gasteiger charge is -2.34. The highest BCUT2D eigenvalue weighted by atomic mass is 16.5. The third kappa shape index (κ3) is 2.47. The van der Waals surface area contributed by atoms with Gasteiger partial charge in [-0.25, -0.2) is 0 Å². The minimum Gasteiger partial charge on any atom is -0.409 e. The number of carbonyl (C=O) groups excluding carboxylic acids is 1. The van der Waals surface area contributed by atoms with Crippen LogP contribution < -0.4 is 5.73 Å². The molecule has 112 valence electrons. The van der Waals surface area contributed by atoms with Gasteiger partial charge in [-0.2, -0.15) is 0 Å². The second-order valence-corrected chi connectivity index (χ2v) is 5.58. The van der Waals surface area contributed by atoms with Crippen LogP contribution >= 0.6 is 0 Å². The molecule has 3 rings (SSSR count). The first-order valence-corrected chi connectivity index (χ1v) is 7.11. The lowest BCUT2D eigenvalue weighted by Crippen LogP contribution is -2.53. The Labute approximate surface area is 123 Å². The molecule has 1 aromatic rings. The van der Waals surface area contributed by atoms with E-state index in [-0.39, 0.29) is 17.2 Å². The number of oxime groups is 1. The standard InChI is InChI=1S/C15H19N3O3/c16-13(17-20)12-10-18(8-9-21-12)14(19)15(6-7-15)11-4-2-1-3-5-11/h1-5,12,20H,6-10H2,(H2,16,17). The summed E-state index contributed by atoms with van der Waals surface area (Å²) in [4.78, 5) is 14.6. The van der Waals surface area contributed by atoms with Crippen LogP contribution in [0.5, 0.6) is 0 Å². The monoisotopic (exact) mass is 289 g/mol. The summed E-state index contributed by atoms with van der Waals surface area (Å²) in [5, 5.41) is 11.7. The molecule has 1 saturated heterocycles. The fourth-order valence-corrected chi connectivity index (χ4v) is 2.89. The molecule has 1 aromatic carbocycles. The van der Waals surface area contributed by atoms with Crippen molar-refractivity contribution in [2.75, 3.05) is 19.7 Å². The summed E-state index contributed by atoms with van der Waals surface area (Å²) in [6.45, 7) is 1.28. The molecule has 6 nitrogen and oxygen atoms in total. The minimum absolute atomic E-state index is 0.0112. The van der Waals surface area contributed by atoms with E-state index in [2.05, 4.69) is 5.16 Å². The SMILES string of the molecule is NC(=NO)C1CN(C(=O)C2(c3ccccc3)CC2)CCO1. The molecule has 6 heteroatoms. The molecular weight excluding hydrogens is 270 g/mol. The minimum atomic E-state index is -0.528. The summed E-state index contributed by atoms with van der Waals surface area (Å²) in [5.41, 5.74) is 6.27. The number of morpholine rings is 1. The summed E-state index contributed by atoms with van der Waals surface area (Å²) in [7, 11) is 0. The molecule has 3 N–H and O–H groups in total. The lowest BCUT2D eigenvalue weighted by atomic mass is 9.94. The van der Waals surface area contributed by atoms with Gasteiger partial charge in [-0.1, -0.05) is 35.5 Å². The van der Waals surface area contributed by atoms with Crippen LogP contribution in [0, 0.1) is 0 Å². The fourth-order valence-electron chi connectivity index (χ4n) is 2.89. The number of amidine groups is 1. The zero-order valence-corrected chi connectivity index (χ0v) is 11.7. The van der Waals surface area contributed by atoms with E-state index in [1.807, 2.05) is 30.3 Å². The van der Waals surface area contributed by atoms with Gasteiger partial charge < -0.3 is 20.6 Å². The van der Waals surface area contributed by atoms with E-state index >= 15 is 0 Å².